The lowest BCUT2D eigenvalue weighted by molar-refractivity contribution is -0.183. The van der Waals surface area contributed by atoms with Gasteiger partial charge in [-0.3, -0.25) is 19.3 Å². The van der Waals surface area contributed by atoms with Crippen molar-refractivity contribution in [2.45, 2.75) is 37.9 Å². The number of alkyl halides is 3. The van der Waals surface area contributed by atoms with Gasteiger partial charge in [0.15, 0.2) is 0 Å². The summed E-state index contributed by atoms with van der Waals surface area (Å²) in [7, 11) is 1.35. The first-order valence-corrected chi connectivity index (χ1v) is 8.02. The lowest BCUT2D eigenvalue weighted by Gasteiger charge is -2.31. The van der Waals surface area contributed by atoms with E-state index in [0.717, 1.165) is 4.90 Å². The van der Waals surface area contributed by atoms with Crippen LogP contribution in [0.3, 0.4) is 0 Å². The van der Waals surface area contributed by atoms with Gasteiger partial charge in [0, 0.05) is 18.7 Å². The Kier molecular flexibility index (Phi) is 4.30. The highest BCUT2D eigenvalue weighted by Gasteiger charge is 2.42. The second-order valence-corrected chi connectivity index (χ2v) is 6.51. The molecule has 25 heavy (non-hydrogen) atoms. The molecule has 1 aliphatic carbocycles. The number of amides is 3. The highest BCUT2D eigenvalue weighted by Crippen LogP contribution is 2.37. The summed E-state index contributed by atoms with van der Waals surface area (Å²) in [6.07, 6.45) is -3.42. The standard InChI is InChI=1S/C17H17F3N2O3/c1-22-15(24)12-6-5-9(7-13(12)16(22)25)14(23)21-11-4-2-3-10(8-11)17(18,19)20/h5-7,10-11H,2-4,8H2,1H3,(H,21,23)/t10-,11+/m0/s1. The number of carbonyl (C=O) groups excluding carboxylic acids is 3. The van der Waals surface area contributed by atoms with Gasteiger partial charge in [0.1, 0.15) is 0 Å². The Balaban J connectivity index is 1.73. The molecule has 1 heterocycles. The SMILES string of the molecule is CN1C(=O)c2ccc(C(=O)N[C@@H]3CCC[C@H](C(F)(F)F)C3)cc2C1=O. The summed E-state index contributed by atoms with van der Waals surface area (Å²) in [5.74, 6) is -2.87. The minimum absolute atomic E-state index is 0.0810. The van der Waals surface area contributed by atoms with Crippen molar-refractivity contribution >= 4 is 17.7 Å². The van der Waals surface area contributed by atoms with Crippen LogP contribution in [-0.2, 0) is 0 Å². The summed E-state index contributed by atoms with van der Waals surface area (Å²) in [4.78, 5) is 37.1. The van der Waals surface area contributed by atoms with E-state index in [0.29, 0.717) is 12.8 Å². The second kappa shape index (κ2) is 6.16. The maximum Gasteiger partial charge on any atom is 0.391 e. The van der Waals surface area contributed by atoms with Crippen LogP contribution in [0.25, 0.3) is 0 Å². The highest BCUT2D eigenvalue weighted by molar-refractivity contribution is 6.21. The van der Waals surface area contributed by atoms with Crippen LogP contribution in [0.4, 0.5) is 13.2 Å². The summed E-state index contributed by atoms with van der Waals surface area (Å²) in [5.41, 5.74) is 0.514. The van der Waals surface area contributed by atoms with E-state index in [9.17, 15) is 27.6 Å². The molecule has 0 aromatic heterocycles. The monoisotopic (exact) mass is 354 g/mol. The average Bonchev–Trinajstić information content (AvgIpc) is 2.78. The number of rotatable bonds is 2. The summed E-state index contributed by atoms with van der Waals surface area (Å²) >= 11 is 0. The van der Waals surface area contributed by atoms with Crippen LogP contribution in [-0.4, -0.2) is 41.9 Å². The molecule has 1 aromatic carbocycles. The fraction of sp³-hybridized carbons (Fsp3) is 0.471. The summed E-state index contributed by atoms with van der Waals surface area (Å²) < 4.78 is 38.6. The zero-order valence-electron chi connectivity index (χ0n) is 13.5. The van der Waals surface area contributed by atoms with E-state index in [1.165, 1.54) is 25.2 Å². The third-order valence-electron chi connectivity index (χ3n) is 4.82. The van der Waals surface area contributed by atoms with E-state index in [4.69, 9.17) is 0 Å². The number of hydrogen-bond donors (Lipinski definition) is 1. The Labute approximate surface area is 142 Å². The van der Waals surface area contributed by atoms with Crippen LogP contribution >= 0.6 is 0 Å². The van der Waals surface area contributed by atoms with Gasteiger partial charge in [0.2, 0.25) is 0 Å². The average molecular weight is 354 g/mol. The molecule has 0 radical (unpaired) electrons. The van der Waals surface area contributed by atoms with E-state index in [2.05, 4.69) is 5.32 Å². The first-order chi connectivity index (χ1) is 11.7. The molecule has 1 N–H and O–H groups in total. The molecule has 0 bridgehead atoms. The molecule has 8 heteroatoms. The predicted molar refractivity (Wildman–Crippen MR) is 82.1 cm³/mol. The topological polar surface area (TPSA) is 66.5 Å². The lowest BCUT2D eigenvalue weighted by atomic mass is 9.85. The summed E-state index contributed by atoms with van der Waals surface area (Å²) in [6.45, 7) is 0. The minimum atomic E-state index is -4.26. The van der Waals surface area contributed by atoms with Gasteiger partial charge in [-0.2, -0.15) is 13.2 Å². The number of imide groups is 1. The Morgan fingerprint density at radius 2 is 1.84 bits per heavy atom. The number of hydrogen-bond acceptors (Lipinski definition) is 3. The van der Waals surface area contributed by atoms with E-state index in [1.807, 2.05) is 0 Å². The molecule has 2 aliphatic rings. The fourth-order valence-corrected chi connectivity index (χ4v) is 3.39. The summed E-state index contributed by atoms with van der Waals surface area (Å²) in [6, 6.07) is 3.56. The molecule has 0 unspecified atom stereocenters. The van der Waals surface area contributed by atoms with Crippen molar-refractivity contribution in [1.82, 2.24) is 10.2 Å². The molecule has 0 saturated heterocycles. The van der Waals surface area contributed by atoms with Crippen LogP contribution < -0.4 is 5.32 Å². The number of fused-ring (bicyclic) bond motifs is 1. The first kappa shape index (κ1) is 17.4. The minimum Gasteiger partial charge on any atom is -0.349 e. The Morgan fingerprint density at radius 1 is 1.16 bits per heavy atom. The van der Waals surface area contributed by atoms with Gasteiger partial charge in [0.05, 0.1) is 17.0 Å². The predicted octanol–water partition coefficient (Wildman–Crippen LogP) is 2.76. The lowest BCUT2D eigenvalue weighted by Crippen LogP contribution is -2.41. The zero-order chi connectivity index (χ0) is 18.4. The molecule has 0 spiro atoms. The number of benzene rings is 1. The van der Waals surface area contributed by atoms with Crippen molar-refractivity contribution < 1.29 is 27.6 Å². The third kappa shape index (κ3) is 3.25. The maximum absolute atomic E-state index is 12.9. The fourth-order valence-electron chi connectivity index (χ4n) is 3.39. The van der Waals surface area contributed by atoms with E-state index in [-0.39, 0.29) is 29.5 Å². The first-order valence-electron chi connectivity index (χ1n) is 8.02. The number of nitrogens with zero attached hydrogens (tertiary/aromatic N) is 1. The Hall–Kier alpha value is -2.38. The molecule has 3 amide bonds. The van der Waals surface area contributed by atoms with Gasteiger partial charge in [0.25, 0.3) is 17.7 Å². The van der Waals surface area contributed by atoms with Crippen molar-refractivity contribution in [1.29, 1.82) is 0 Å². The van der Waals surface area contributed by atoms with Crippen molar-refractivity contribution in [3.63, 3.8) is 0 Å². The van der Waals surface area contributed by atoms with Crippen LogP contribution in [0.5, 0.6) is 0 Å². The van der Waals surface area contributed by atoms with Crippen molar-refractivity contribution in [3.05, 3.63) is 34.9 Å². The van der Waals surface area contributed by atoms with Gasteiger partial charge in [-0.25, -0.2) is 0 Å². The van der Waals surface area contributed by atoms with E-state index < -0.39 is 35.9 Å². The normalized spacial score (nSPS) is 23.6. The molecule has 134 valence electrons. The zero-order valence-corrected chi connectivity index (χ0v) is 13.5. The molecule has 3 rings (SSSR count). The Bertz CT molecular complexity index is 745. The highest BCUT2D eigenvalue weighted by atomic mass is 19.4. The van der Waals surface area contributed by atoms with E-state index >= 15 is 0 Å². The van der Waals surface area contributed by atoms with E-state index in [1.54, 1.807) is 0 Å². The molecular formula is C17H17F3N2O3. The molecular weight excluding hydrogens is 337 g/mol. The summed E-state index contributed by atoms with van der Waals surface area (Å²) in [5, 5.41) is 2.62. The van der Waals surface area contributed by atoms with Crippen molar-refractivity contribution in [3.8, 4) is 0 Å². The number of halogens is 3. The number of carbonyl (C=O) groups is 3. The van der Waals surface area contributed by atoms with Crippen molar-refractivity contribution in [2.24, 2.45) is 5.92 Å². The molecule has 1 fully saturated rings. The Morgan fingerprint density at radius 3 is 2.52 bits per heavy atom. The molecule has 1 aliphatic heterocycles. The van der Waals surface area contributed by atoms with Gasteiger partial charge in [-0.15, -0.1) is 0 Å². The largest absolute Gasteiger partial charge is 0.391 e. The van der Waals surface area contributed by atoms with Crippen LogP contribution in [0, 0.1) is 5.92 Å². The van der Waals surface area contributed by atoms with Gasteiger partial charge in [-0.1, -0.05) is 6.42 Å². The van der Waals surface area contributed by atoms with Crippen LogP contribution in [0.1, 0.15) is 56.8 Å². The van der Waals surface area contributed by atoms with Crippen LogP contribution in [0.2, 0.25) is 0 Å². The third-order valence-corrected chi connectivity index (χ3v) is 4.82. The molecule has 5 nitrogen and oxygen atoms in total. The molecule has 1 aromatic rings. The van der Waals surface area contributed by atoms with Crippen molar-refractivity contribution in [2.75, 3.05) is 7.05 Å². The van der Waals surface area contributed by atoms with Gasteiger partial charge < -0.3 is 5.32 Å². The second-order valence-electron chi connectivity index (χ2n) is 6.51. The smallest absolute Gasteiger partial charge is 0.349 e. The van der Waals surface area contributed by atoms with Gasteiger partial charge >= 0.3 is 6.18 Å². The van der Waals surface area contributed by atoms with Crippen LogP contribution in [0.15, 0.2) is 18.2 Å². The number of nitrogens with one attached hydrogen (secondary N) is 1. The van der Waals surface area contributed by atoms with Gasteiger partial charge in [-0.05, 0) is 37.5 Å². The quantitative estimate of drug-likeness (QED) is 0.831. The molecule has 1 saturated carbocycles. The molecule has 2 atom stereocenters. The maximum atomic E-state index is 12.9.